The van der Waals surface area contributed by atoms with Crippen molar-refractivity contribution in [2.45, 2.75) is 59.0 Å². The molecule has 0 aromatic heterocycles. The van der Waals surface area contributed by atoms with Gasteiger partial charge in [0.05, 0.1) is 17.6 Å². The molecule has 0 atom stereocenters. The minimum atomic E-state index is -2.83. The van der Waals surface area contributed by atoms with E-state index in [4.69, 9.17) is 4.74 Å². The van der Waals surface area contributed by atoms with Gasteiger partial charge in [-0.05, 0) is 20.8 Å². The lowest BCUT2D eigenvalue weighted by atomic mass is 9.77. The maximum Gasteiger partial charge on any atom is 0.247 e. The summed E-state index contributed by atoms with van der Waals surface area (Å²) in [6, 6.07) is 0. The fourth-order valence-electron chi connectivity index (χ4n) is 0.934. The minimum Gasteiger partial charge on any atom is -0.375 e. The molecule has 0 radical (unpaired) electrons. The molecule has 0 aliphatic carbocycles. The van der Waals surface area contributed by atoms with E-state index in [1.54, 1.807) is 0 Å². The van der Waals surface area contributed by atoms with Crippen LogP contribution in [0.1, 0.15) is 41.0 Å². The fourth-order valence-corrected chi connectivity index (χ4v) is 0.934. The summed E-state index contributed by atoms with van der Waals surface area (Å²) in [6.45, 7) is 6.26. The predicted molar refractivity (Wildman–Crippen MR) is 55.1 cm³/mol. The van der Waals surface area contributed by atoms with Gasteiger partial charge in [0.1, 0.15) is 0 Å². The van der Waals surface area contributed by atoms with Crippen molar-refractivity contribution < 1.29 is 22.3 Å². The van der Waals surface area contributed by atoms with Gasteiger partial charge in [0.15, 0.2) is 0 Å². The summed E-state index contributed by atoms with van der Waals surface area (Å²) in [5.41, 5.74) is -2.53. The molecule has 0 amide bonds. The summed E-state index contributed by atoms with van der Waals surface area (Å²) in [5.74, 6) is -2.83. The quantitative estimate of drug-likeness (QED) is 0.639. The van der Waals surface area contributed by atoms with Crippen LogP contribution >= 0.6 is 0 Å². The summed E-state index contributed by atoms with van der Waals surface area (Å²) >= 11 is 0. The van der Waals surface area contributed by atoms with Gasteiger partial charge >= 0.3 is 0 Å². The Labute approximate surface area is 94.2 Å². The average Bonchev–Trinajstić information content (AvgIpc) is 2.00. The van der Waals surface area contributed by atoms with Crippen molar-refractivity contribution in [3.8, 4) is 0 Å². The van der Waals surface area contributed by atoms with E-state index < -0.39 is 29.8 Å². The molecule has 0 fully saturated rings. The normalized spacial score (nSPS) is 14.6. The van der Waals surface area contributed by atoms with Crippen LogP contribution in [-0.2, 0) is 4.74 Å². The number of rotatable bonds is 6. The lowest BCUT2D eigenvalue weighted by Crippen LogP contribution is -2.46. The standard InChI is InChI=1S/C11H20F4O/c1-9(2,8(12)13)10(3,4)16-7-6-11(5,14)15/h8H,6-7H2,1-5H3. The van der Waals surface area contributed by atoms with Crippen LogP contribution < -0.4 is 0 Å². The molecule has 0 aromatic carbocycles. The molecule has 0 saturated heterocycles. The van der Waals surface area contributed by atoms with Crippen LogP contribution in [0.2, 0.25) is 0 Å². The smallest absolute Gasteiger partial charge is 0.247 e. The van der Waals surface area contributed by atoms with Crippen molar-refractivity contribution >= 4 is 0 Å². The minimum absolute atomic E-state index is 0.230. The van der Waals surface area contributed by atoms with Crippen LogP contribution in [-0.4, -0.2) is 24.6 Å². The fraction of sp³-hybridized carbons (Fsp3) is 1.00. The number of hydrogen-bond donors (Lipinski definition) is 0. The first-order chi connectivity index (χ1) is 6.90. The Morgan fingerprint density at radius 3 is 1.75 bits per heavy atom. The Balaban J connectivity index is 4.36. The zero-order valence-electron chi connectivity index (χ0n) is 10.4. The van der Waals surface area contributed by atoms with Gasteiger partial charge in [-0.15, -0.1) is 0 Å². The maximum atomic E-state index is 12.7. The van der Waals surface area contributed by atoms with Crippen molar-refractivity contribution in [1.29, 1.82) is 0 Å². The Kier molecular flexibility index (Phi) is 4.80. The third-order valence-corrected chi connectivity index (χ3v) is 3.10. The first-order valence-corrected chi connectivity index (χ1v) is 5.20. The predicted octanol–water partition coefficient (Wildman–Crippen LogP) is 4.12. The second kappa shape index (κ2) is 4.90. The van der Waals surface area contributed by atoms with E-state index in [0.717, 1.165) is 6.92 Å². The number of halogens is 4. The van der Waals surface area contributed by atoms with Crippen molar-refractivity contribution in [1.82, 2.24) is 0 Å². The van der Waals surface area contributed by atoms with Gasteiger partial charge in [-0.3, -0.25) is 0 Å². The topological polar surface area (TPSA) is 9.23 Å². The highest BCUT2D eigenvalue weighted by Gasteiger charge is 2.45. The molecule has 1 nitrogen and oxygen atoms in total. The molecule has 0 aliphatic rings. The van der Waals surface area contributed by atoms with E-state index >= 15 is 0 Å². The third-order valence-electron chi connectivity index (χ3n) is 3.10. The van der Waals surface area contributed by atoms with Gasteiger partial charge in [-0.25, -0.2) is 17.6 Å². The summed E-state index contributed by atoms with van der Waals surface area (Å²) in [5, 5.41) is 0. The molecule has 0 aliphatic heterocycles. The van der Waals surface area contributed by atoms with Gasteiger partial charge in [0.25, 0.3) is 0 Å². The summed E-state index contributed by atoms with van der Waals surface area (Å²) in [7, 11) is 0. The molecular weight excluding hydrogens is 224 g/mol. The molecule has 0 rings (SSSR count). The van der Waals surface area contributed by atoms with E-state index in [1.807, 2.05) is 0 Å². The molecule has 0 aromatic rings. The Hall–Kier alpha value is -0.320. The zero-order valence-corrected chi connectivity index (χ0v) is 10.4. The van der Waals surface area contributed by atoms with Crippen LogP contribution in [0, 0.1) is 5.41 Å². The van der Waals surface area contributed by atoms with Gasteiger partial charge in [0.2, 0.25) is 12.3 Å². The van der Waals surface area contributed by atoms with E-state index in [-0.39, 0.29) is 6.61 Å². The molecule has 0 unspecified atom stereocenters. The van der Waals surface area contributed by atoms with Gasteiger partial charge in [0, 0.05) is 6.42 Å². The van der Waals surface area contributed by atoms with Crippen molar-refractivity contribution in [2.24, 2.45) is 5.41 Å². The Bertz CT molecular complexity index is 219. The first kappa shape index (κ1) is 15.7. The molecule has 5 heteroatoms. The Morgan fingerprint density at radius 1 is 1.00 bits per heavy atom. The van der Waals surface area contributed by atoms with Crippen LogP contribution in [0.3, 0.4) is 0 Å². The van der Waals surface area contributed by atoms with Gasteiger partial charge < -0.3 is 4.74 Å². The molecule has 0 saturated carbocycles. The van der Waals surface area contributed by atoms with Crippen LogP contribution in [0.25, 0.3) is 0 Å². The second-order valence-electron chi connectivity index (χ2n) is 5.20. The molecule has 0 bridgehead atoms. The second-order valence-corrected chi connectivity index (χ2v) is 5.20. The van der Waals surface area contributed by atoms with Gasteiger partial charge in [-0.1, -0.05) is 13.8 Å². The maximum absolute atomic E-state index is 12.7. The van der Waals surface area contributed by atoms with Crippen molar-refractivity contribution in [3.05, 3.63) is 0 Å². The van der Waals surface area contributed by atoms with E-state index in [1.165, 1.54) is 27.7 Å². The third kappa shape index (κ3) is 4.28. The highest BCUT2D eigenvalue weighted by Crippen LogP contribution is 2.39. The summed E-state index contributed by atoms with van der Waals surface area (Å²) < 4.78 is 55.7. The van der Waals surface area contributed by atoms with Crippen molar-refractivity contribution in [3.63, 3.8) is 0 Å². The molecule has 16 heavy (non-hydrogen) atoms. The zero-order chi connectivity index (χ0) is 13.2. The first-order valence-electron chi connectivity index (χ1n) is 5.20. The summed E-state index contributed by atoms with van der Waals surface area (Å²) in [6.07, 6.45) is -3.03. The van der Waals surface area contributed by atoms with Crippen LogP contribution in [0.5, 0.6) is 0 Å². The number of alkyl halides is 4. The van der Waals surface area contributed by atoms with Gasteiger partial charge in [-0.2, -0.15) is 0 Å². The summed E-state index contributed by atoms with van der Waals surface area (Å²) in [4.78, 5) is 0. The van der Waals surface area contributed by atoms with Crippen molar-refractivity contribution in [2.75, 3.05) is 6.61 Å². The molecular formula is C11H20F4O. The van der Waals surface area contributed by atoms with E-state index in [2.05, 4.69) is 0 Å². The monoisotopic (exact) mass is 244 g/mol. The van der Waals surface area contributed by atoms with Crippen LogP contribution in [0.4, 0.5) is 17.6 Å². The highest BCUT2D eigenvalue weighted by molar-refractivity contribution is 4.89. The van der Waals surface area contributed by atoms with E-state index in [0.29, 0.717) is 0 Å². The lowest BCUT2D eigenvalue weighted by Gasteiger charge is -2.40. The average molecular weight is 244 g/mol. The number of hydrogen-bond acceptors (Lipinski definition) is 1. The SMILES string of the molecule is CC(F)(F)CCOC(C)(C)C(C)(C)C(F)F. The highest BCUT2D eigenvalue weighted by atomic mass is 19.3. The molecule has 98 valence electrons. The lowest BCUT2D eigenvalue weighted by molar-refractivity contribution is -0.162. The largest absolute Gasteiger partial charge is 0.375 e. The molecule has 0 N–H and O–H groups in total. The Morgan fingerprint density at radius 2 is 1.44 bits per heavy atom. The number of ether oxygens (including phenoxy) is 1. The molecule has 0 heterocycles. The van der Waals surface area contributed by atoms with Crippen LogP contribution in [0.15, 0.2) is 0 Å². The molecule has 0 spiro atoms. The van der Waals surface area contributed by atoms with E-state index in [9.17, 15) is 17.6 Å².